The molecule has 0 amide bonds. The number of hydrogen-bond donors (Lipinski definition) is 2. The first-order valence-electron chi connectivity index (χ1n) is 4.85. The van der Waals surface area contributed by atoms with Gasteiger partial charge in [0.1, 0.15) is 5.60 Å². The van der Waals surface area contributed by atoms with Gasteiger partial charge in [-0.25, -0.2) is 0 Å². The Morgan fingerprint density at radius 1 is 1.43 bits per heavy atom. The van der Waals surface area contributed by atoms with Crippen LogP contribution in [0.3, 0.4) is 0 Å². The van der Waals surface area contributed by atoms with Crippen LogP contribution in [0.2, 0.25) is 0 Å². The van der Waals surface area contributed by atoms with E-state index >= 15 is 0 Å². The first-order valence-corrected chi connectivity index (χ1v) is 4.85. The molecule has 1 heterocycles. The second-order valence-corrected chi connectivity index (χ2v) is 4.26. The van der Waals surface area contributed by atoms with Gasteiger partial charge in [-0.15, -0.1) is 0 Å². The number of hydrogen-bond acceptors (Lipinski definition) is 3. The first kappa shape index (κ1) is 11.0. The molecule has 0 aliphatic rings. The molecule has 78 valence electrons. The molecule has 0 aliphatic carbocycles. The lowest BCUT2D eigenvalue weighted by Gasteiger charge is -2.21. The molecular weight excluding hydrogens is 176 g/mol. The predicted octanol–water partition coefficient (Wildman–Crippen LogP) is 2.13. The van der Waals surface area contributed by atoms with Crippen molar-refractivity contribution in [2.75, 3.05) is 5.32 Å². The van der Waals surface area contributed by atoms with Crippen LogP contribution in [0.4, 0.5) is 5.69 Å². The van der Waals surface area contributed by atoms with E-state index in [1.807, 2.05) is 12.1 Å². The van der Waals surface area contributed by atoms with Gasteiger partial charge in [-0.05, 0) is 39.8 Å². The fourth-order valence-corrected chi connectivity index (χ4v) is 1.32. The van der Waals surface area contributed by atoms with Gasteiger partial charge < -0.3 is 10.4 Å². The van der Waals surface area contributed by atoms with Crippen LogP contribution >= 0.6 is 0 Å². The summed E-state index contributed by atoms with van der Waals surface area (Å²) in [6.45, 7) is 7.59. The van der Waals surface area contributed by atoms with E-state index < -0.39 is 5.60 Å². The lowest BCUT2D eigenvalue weighted by molar-refractivity contribution is 0.0746. The molecule has 0 bridgehead atoms. The topological polar surface area (TPSA) is 45.2 Å². The zero-order valence-electron chi connectivity index (χ0n) is 9.20. The molecule has 14 heavy (non-hydrogen) atoms. The van der Waals surface area contributed by atoms with Crippen LogP contribution in [-0.2, 0) is 5.60 Å². The molecule has 0 unspecified atom stereocenters. The Hall–Kier alpha value is -1.09. The van der Waals surface area contributed by atoms with Gasteiger partial charge in [-0.3, -0.25) is 4.98 Å². The van der Waals surface area contributed by atoms with Gasteiger partial charge in [0.15, 0.2) is 0 Å². The fraction of sp³-hybridized carbons (Fsp3) is 0.545. The third kappa shape index (κ3) is 2.70. The molecule has 0 atom stereocenters. The minimum Gasteiger partial charge on any atom is -0.384 e. The monoisotopic (exact) mass is 194 g/mol. The maximum atomic E-state index is 9.88. The molecule has 0 aromatic carbocycles. The van der Waals surface area contributed by atoms with E-state index in [1.165, 1.54) is 0 Å². The van der Waals surface area contributed by atoms with E-state index in [0.29, 0.717) is 11.7 Å². The largest absolute Gasteiger partial charge is 0.384 e. The van der Waals surface area contributed by atoms with Crippen molar-refractivity contribution in [3.05, 3.63) is 24.0 Å². The van der Waals surface area contributed by atoms with Gasteiger partial charge in [-0.2, -0.15) is 0 Å². The van der Waals surface area contributed by atoms with Gasteiger partial charge in [0.25, 0.3) is 0 Å². The number of aromatic nitrogens is 1. The second kappa shape index (κ2) is 3.96. The van der Waals surface area contributed by atoms with Crippen LogP contribution in [0.25, 0.3) is 0 Å². The zero-order chi connectivity index (χ0) is 10.8. The van der Waals surface area contributed by atoms with Crippen molar-refractivity contribution < 1.29 is 5.11 Å². The summed E-state index contributed by atoms with van der Waals surface area (Å²) < 4.78 is 0. The number of pyridine rings is 1. The third-order valence-electron chi connectivity index (χ3n) is 1.83. The van der Waals surface area contributed by atoms with Gasteiger partial charge in [0, 0.05) is 12.2 Å². The van der Waals surface area contributed by atoms with E-state index in [4.69, 9.17) is 0 Å². The molecule has 1 rings (SSSR count). The Morgan fingerprint density at radius 2 is 2.07 bits per heavy atom. The van der Waals surface area contributed by atoms with Gasteiger partial charge in [0.05, 0.1) is 11.4 Å². The minimum atomic E-state index is -0.904. The van der Waals surface area contributed by atoms with Crippen molar-refractivity contribution in [1.82, 2.24) is 4.98 Å². The summed E-state index contributed by atoms with van der Waals surface area (Å²) >= 11 is 0. The van der Waals surface area contributed by atoms with Crippen LogP contribution in [-0.4, -0.2) is 16.1 Å². The highest BCUT2D eigenvalue weighted by Crippen LogP contribution is 2.25. The molecule has 0 fully saturated rings. The molecule has 0 saturated carbocycles. The Morgan fingerprint density at radius 3 is 2.57 bits per heavy atom. The van der Waals surface area contributed by atoms with Crippen molar-refractivity contribution in [3.63, 3.8) is 0 Å². The molecule has 3 nitrogen and oxygen atoms in total. The summed E-state index contributed by atoms with van der Waals surface area (Å²) in [5, 5.41) is 13.1. The average Bonchev–Trinajstić information content (AvgIpc) is 2.01. The molecule has 0 aliphatic heterocycles. The van der Waals surface area contributed by atoms with Crippen LogP contribution in [0, 0.1) is 0 Å². The Balaban J connectivity index is 3.04. The van der Waals surface area contributed by atoms with E-state index in [-0.39, 0.29) is 0 Å². The van der Waals surface area contributed by atoms with Crippen molar-refractivity contribution in [3.8, 4) is 0 Å². The smallest absolute Gasteiger partial charge is 0.103 e. The van der Waals surface area contributed by atoms with Crippen LogP contribution in [0.5, 0.6) is 0 Å². The Labute approximate surface area is 85.2 Å². The molecule has 0 spiro atoms. The number of nitrogens with zero attached hydrogens (tertiary/aromatic N) is 1. The normalized spacial score (nSPS) is 11.9. The third-order valence-corrected chi connectivity index (χ3v) is 1.83. The SMILES string of the molecule is CC(C)Nc1cccnc1C(C)(C)O. The first-order chi connectivity index (χ1) is 6.41. The van der Waals surface area contributed by atoms with Gasteiger partial charge in [0.2, 0.25) is 0 Å². The second-order valence-electron chi connectivity index (χ2n) is 4.26. The van der Waals surface area contributed by atoms with Crippen molar-refractivity contribution in [2.45, 2.75) is 39.3 Å². The average molecular weight is 194 g/mol. The van der Waals surface area contributed by atoms with E-state index in [9.17, 15) is 5.11 Å². The molecule has 2 N–H and O–H groups in total. The molecule has 1 aromatic heterocycles. The summed E-state index contributed by atoms with van der Waals surface area (Å²) in [6.07, 6.45) is 1.69. The highest BCUT2D eigenvalue weighted by Gasteiger charge is 2.21. The lowest BCUT2D eigenvalue weighted by atomic mass is 10.0. The van der Waals surface area contributed by atoms with Crippen LogP contribution < -0.4 is 5.32 Å². The van der Waals surface area contributed by atoms with E-state index in [0.717, 1.165) is 5.69 Å². The van der Waals surface area contributed by atoms with Gasteiger partial charge in [-0.1, -0.05) is 0 Å². The van der Waals surface area contributed by atoms with Crippen LogP contribution in [0.1, 0.15) is 33.4 Å². The molecular formula is C11H18N2O. The predicted molar refractivity (Wildman–Crippen MR) is 58.2 cm³/mol. The summed E-state index contributed by atoms with van der Waals surface area (Å²) in [5.41, 5.74) is 0.682. The summed E-state index contributed by atoms with van der Waals surface area (Å²) in [5.74, 6) is 0. The van der Waals surface area contributed by atoms with Gasteiger partial charge >= 0.3 is 0 Å². The highest BCUT2D eigenvalue weighted by atomic mass is 16.3. The summed E-state index contributed by atoms with van der Waals surface area (Å²) in [7, 11) is 0. The lowest BCUT2D eigenvalue weighted by Crippen LogP contribution is -2.22. The number of nitrogens with one attached hydrogen (secondary N) is 1. The highest BCUT2D eigenvalue weighted by molar-refractivity contribution is 5.50. The molecule has 0 saturated heterocycles. The van der Waals surface area contributed by atoms with E-state index in [2.05, 4.69) is 24.1 Å². The molecule has 0 radical (unpaired) electrons. The van der Waals surface area contributed by atoms with Crippen molar-refractivity contribution in [1.29, 1.82) is 0 Å². The standard InChI is InChI=1S/C11H18N2O/c1-8(2)13-9-6-5-7-12-10(9)11(3,4)14/h5-8,13-14H,1-4H3. The Bertz CT molecular complexity index is 302. The maximum Gasteiger partial charge on any atom is 0.103 e. The van der Waals surface area contributed by atoms with Crippen molar-refractivity contribution >= 4 is 5.69 Å². The molecule has 3 heteroatoms. The minimum absolute atomic E-state index is 0.334. The summed E-state index contributed by atoms with van der Waals surface area (Å²) in [4.78, 5) is 4.19. The zero-order valence-corrected chi connectivity index (χ0v) is 9.20. The van der Waals surface area contributed by atoms with E-state index in [1.54, 1.807) is 20.0 Å². The van der Waals surface area contributed by atoms with Crippen molar-refractivity contribution in [2.24, 2.45) is 0 Å². The number of anilines is 1. The number of aliphatic hydroxyl groups is 1. The quantitative estimate of drug-likeness (QED) is 0.774. The summed E-state index contributed by atoms with van der Waals surface area (Å²) in [6, 6.07) is 4.13. The fourth-order valence-electron chi connectivity index (χ4n) is 1.32. The maximum absolute atomic E-state index is 9.88. The van der Waals surface area contributed by atoms with Crippen LogP contribution in [0.15, 0.2) is 18.3 Å². The number of rotatable bonds is 3. The Kier molecular flexibility index (Phi) is 3.11. The molecule has 1 aromatic rings.